The maximum Gasteiger partial charge on any atom is 0.340 e. The predicted octanol–water partition coefficient (Wildman–Crippen LogP) is 1.75. The maximum atomic E-state index is 13.9. The van der Waals surface area contributed by atoms with E-state index in [1.54, 1.807) is 6.07 Å². The molecule has 0 aliphatic carbocycles. The normalized spacial score (nSPS) is 20.9. The van der Waals surface area contributed by atoms with Gasteiger partial charge in [0.25, 0.3) is 0 Å². The van der Waals surface area contributed by atoms with Crippen molar-refractivity contribution in [2.24, 2.45) is 0 Å². The fourth-order valence-corrected chi connectivity index (χ4v) is 2.46. The largest absolute Gasteiger partial charge is 0.465 e. The third-order valence-electron chi connectivity index (χ3n) is 3.89. The molecule has 0 aromatic heterocycles. The summed E-state index contributed by atoms with van der Waals surface area (Å²) >= 11 is 0. The van der Waals surface area contributed by atoms with Gasteiger partial charge < -0.3 is 9.64 Å². The van der Waals surface area contributed by atoms with E-state index < -0.39 is 11.8 Å². The highest BCUT2D eigenvalue weighted by Crippen LogP contribution is 2.15. The average molecular weight is 280 g/mol. The van der Waals surface area contributed by atoms with Crippen molar-refractivity contribution in [3.8, 4) is 0 Å². The molecule has 1 atom stereocenters. The van der Waals surface area contributed by atoms with Crippen LogP contribution in [0.1, 0.15) is 22.8 Å². The number of methoxy groups -OCH3 is 1. The van der Waals surface area contributed by atoms with Crippen molar-refractivity contribution in [2.75, 3.05) is 33.8 Å². The number of piperazine rings is 1. The van der Waals surface area contributed by atoms with E-state index in [0.717, 1.165) is 25.2 Å². The molecule has 0 saturated carbocycles. The first-order valence-electron chi connectivity index (χ1n) is 6.80. The first kappa shape index (κ1) is 14.9. The van der Waals surface area contributed by atoms with E-state index in [1.165, 1.54) is 19.2 Å². The van der Waals surface area contributed by atoms with E-state index in [1.807, 2.05) is 0 Å². The second-order valence-corrected chi connectivity index (χ2v) is 5.37. The topological polar surface area (TPSA) is 32.8 Å². The van der Waals surface area contributed by atoms with Crippen LogP contribution in [0.15, 0.2) is 18.2 Å². The Morgan fingerprint density at radius 2 is 2.20 bits per heavy atom. The highest BCUT2D eigenvalue weighted by Gasteiger charge is 2.21. The highest BCUT2D eigenvalue weighted by molar-refractivity contribution is 5.89. The molecule has 2 rings (SSSR count). The molecule has 1 fully saturated rings. The van der Waals surface area contributed by atoms with Gasteiger partial charge in [0, 0.05) is 32.2 Å². The zero-order valence-corrected chi connectivity index (χ0v) is 12.2. The van der Waals surface area contributed by atoms with E-state index in [0.29, 0.717) is 12.6 Å². The number of ether oxygens (including phenoxy) is 1. The molecule has 20 heavy (non-hydrogen) atoms. The smallest absolute Gasteiger partial charge is 0.340 e. The fraction of sp³-hybridized carbons (Fsp3) is 0.533. The second-order valence-electron chi connectivity index (χ2n) is 5.37. The lowest BCUT2D eigenvalue weighted by Gasteiger charge is -2.37. The lowest BCUT2D eigenvalue weighted by molar-refractivity contribution is 0.0595. The molecule has 0 amide bonds. The average Bonchev–Trinajstić information content (AvgIpc) is 2.42. The molecule has 4 nitrogen and oxygen atoms in total. The molecule has 110 valence electrons. The van der Waals surface area contributed by atoms with Gasteiger partial charge in [-0.3, -0.25) is 4.90 Å². The van der Waals surface area contributed by atoms with Crippen molar-refractivity contribution >= 4 is 5.97 Å². The minimum Gasteiger partial charge on any atom is -0.465 e. The van der Waals surface area contributed by atoms with E-state index in [2.05, 4.69) is 28.5 Å². The van der Waals surface area contributed by atoms with E-state index >= 15 is 0 Å². The Labute approximate surface area is 119 Å². The summed E-state index contributed by atoms with van der Waals surface area (Å²) < 4.78 is 18.4. The van der Waals surface area contributed by atoms with Crippen LogP contribution in [0.2, 0.25) is 0 Å². The zero-order valence-electron chi connectivity index (χ0n) is 12.2. The number of nitrogens with zero attached hydrogens (tertiary/aromatic N) is 2. The Balaban J connectivity index is 2.04. The van der Waals surface area contributed by atoms with Gasteiger partial charge >= 0.3 is 5.97 Å². The molecule has 1 aromatic carbocycles. The van der Waals surface area contributed by atoms with Gasteiger partial charge in [-0.2, -0.15) is 0 Å². The predicted molar refractivity (Wildman–Crippen MR) is 75.1 cm³/mol. The van der Waals surface area contributed by atoms with Gasteiger partial charge in [-0.1, -0.05) is 6.07 Å². The molecule has 1 saturated heterocycles. The number of rotatable bonds is 3. The van der Waals surface area contributed by atoms with Crippen LogP contribution in [-0.2, 0) is 11.3 Å². The molecule has 1 unspecified atom stereocenters. The molecule has 1 aromatic rings. The van der Waals surface area contributed by atoms with Crippen molar-refractivity contribution < 1.29 is 13.9 Å². The number of carbonyl (C=O) groups is 1. The molecule has 1 aliphatic heterocycles. The van der Waals surface area contributed by atoms with Crippen LogP contribution in [0.5, 0.6) is 0 Å². The number of carbonyl (C=O) groups excluding carboxylic acids is 1. The Bertz CT molecular complexity index is 493. The summed E-state index contributed by atoms with van der Waals surface area (Å²) in [6.45, 7) is 5.85. The van der Waals surface area contributed by atoms with Crippen LogP contribution in [0, 0.1) is 5.82 Å². The third-order valence-corrected chi connectivity index (χ3v) is 3.89. The van der Waals surface area contributed by atoms with Crippen molar-refractivity contribution in [1.29, 1.82) is 0 Å². The molecule has 0 bridgehead atoms. The minimum atomic E-state index is -0.637. The second kappa shape index (κ2) is 6.33. The molecule has 1 aliphatic rings. The van der Waals surface area contributed by atoms with Gasteiger partial charge in [-0.15, -0.1) is 0 Å². The van der Waals surface area contributed by atoms with E-state index in [-0.39, 0.29) is 5.56 Å². The number of halogens is 1. The summed E-state index contributed by atoms with van der Waals surface area (Å²) in [6.07, 6.45) is 0. The van der Waals surface area contributed by atoms with Gasteiger partial charge in [0.1, 0.15) is 5.82 Å². The van der Waals surface area contributed by atoms with E-state index in [9.17, 15) is 9.18 Å². The maximum absolute atomic E-state index is 13.9. The summed E-state index contributed by atoms with van der Waals surface area (Å²) in [6, 6.07) is 5.21. The number of likely N-dealkylation sites (N-methyl/N-ethyl adjacent to an activating group) is 1. The summed E-state index contributed by atoms with van der Waals surface area (Å²) in [4.78, 5) is 16.0. The van der Waals surface area contributed by atoms with E-state index in [4.69, 9.17) is 0 Å². The minimum absolute atomic E-state index is 0.0111. The molecule has 0 spiro atoms. The number of esters is 1. The Morgan fingerprint density at radius 3 is 2.80 bits per heavy atom. The molecule has 1 heterocycles. The lowest BCUT2D eigenvalue weighted by Crippen LogP contribution is -2.49. The van der Waals surface area contributed by atoms with Crippen LogP contribution >= 0.6 is 0 Å². The summed E-state index contributed by atoms with van der Waals surface area (Å²) in [5.74, 6) is -1.15. The Kier molecular flexibility index (Phi) is 4.73. The van der Waals surface area contributed by atoms with Crippen molar-refractivity contribution in [3.05, 3.63) is 35.1 Å². The monoisotopic (exact) mass is 280 g/mol. The first-order valence-corrected chi connectivity index (χ1v) is 6.80. The number of hydrogen-bond acceptors (Lipinski definition) is 4. The van der Waals surface area contributed by atoms with Crippen LogP contribution in [-0.4, -0.2) is 55.6 Å². The standard InChI is InChI=1S/C15H21FN2O2/c1-11-9-18(7-6-17(11)2)10-12-4-5-13(14(16)8-12)15(19)20-3/h4-5,8,11H,6-7,9-10H2,1-3H3. The van der Waals surface area contributed by atoms with Crippen molar-refractivity contribution in [1.82, 2.24) is 9.80 Å². The molecule has 0 N–H and O–H groups in total. The third kappa shape index (κ3) is 3.35. The summed E-state index contributed by atoms with van der Waals surface area (Å²) in [5.41, 5.74) is 0.870. The first-order chi connectivity index (χ1) is 9.51. The van der Waals surface area contributed by atoms with Crippen LogP contribution in [0.3, 0.4) is 0 Å². The van der Waals surface area contributed by atoms with Gasteiger partial charge in [0.05, 0.1) is 12.7 Å². The SMILES string of the molecule is COC(=O)c1ccc(CN2CCN(C)C(C)C2)cc1F. The lowest BCUT2D eigenvalue weighted by atomic mass is 10.1. The van der Waals surface area contributed by atoms with Crippen LogP contribution in [0.4, 0.5) is 4.39 Å². The van der Waals surface area contributed by atoms with Crippen molar-refractivity contribution in [2.45, 2.75) is 19.5 Å². The van der Waals surface area contributed by atoms with Crippen LogP contribution in [0.25, 0.3) is 0 Å². The fourth-order valence-electron chi connectivity index (χ4n) is 2.46. The number of hydrogen-bond donors (Lipinski definition) is 0. The molecule has 5 heteroatoms. The molecular formula is C15H21FN2O2. The molecule has 0 radical (unpaired) electrons. The Hall–Kier alpha value is -1.46. The van der Waals surface area contributed by atoms with Gasteiger partial charge in [0.15, 0.2) is 0 Å². The molecular weight excluding hydrogens is 259 g/mol. The zero-order chi connectivity index (χ0) is 14.7. The highest BCUT2D eigenvalue weighted by atomic mass is 19.1. The van der Waals surface area contributed by atoms with Gasteiger partial charge in [-0.05, 0) is 31.7 Å². The van der Waals surface area contributed by atoms with Crippen molar-refractivity contribution in [3.63, 3.8) is 0 Å². The van der Waals surface area contributed by atoms with Gasteiger partial charge in [-0.25, -0.2) is 9.18 Å². The quantitative estimate of drug-likeness (QED) is 0.790. The number of benzene rings is 1. The summed E-state index contributed by atoms with van der Waals surface area (Å²) in [7, 11) is 3.37. The summed E-state index contributed by atoms with van der Waals surface area (Å²) in [5, 5.41) is 0. The van der Waals surface area contributed by atoms with Gasteiger partial charge in [0.2, 0.25) is 0 Å². The van der Waals surface area contributed by atoms with Crippen LogP contribution < -0.4 is 0 Å². The Morgan fingerprint density at radius 1 is 1.45 bits per heavy atom.